The van der Waals surface area contributed by atoms with Gasteiger partial charge in [-0.2, -0.15) is 11.3 Å². The Hall–Kier alpha value is -14.1. The third-order valence-corrected chi connectivity index (χ3v) is 21.6. The standard InChI is InChI=1S/2C17H10NO.C17H10NS.2C15H10N.3C11H8N.C5H8O2.5Ir/c1-2-10-16-12(6-1)13-7-5-8-14(17(13)19-16)15-9-3-4-11-18-15;1-2-7-16-13(5-1)14-9-8-12(11-17(14)19-16)15-6-3-4-10-18-15;1-2-10-16-12(6-1)13-7-5-8-14(17(13)19-16)15-9-3-4-11-18-15;2*1-2-7-13(8-3-1)15-14-9-5-4-6-12(14)10-11-16-15;3*1-2-6-10(7-3-1)11-8-4-5-9-12-11;1-4(6)3-5(2)7;;;;;/h3*1-7,9-11H;2*1-7,9-11H;3*1-6,8-9H;3,6H,1-2H3;;;;;/q8*-1;;;;;;. The summed E-state index contributed by atoms with van der Waals surface area (Å²) in [6.07, 6.45) is 15.6. The molecule has 24 rings (SSSR count). The first-order chi connectivity index (χ1) is 65.2. The Kier molecular flexibility index (Phi) is 40.6. The summed E-state index contributed by atoms with van der Waals surface area (Å²) in [7, 11) is 0. The molecular weight excluding hydrogens is 2600 g/mol. The predicted octanol–water partition coefficient (Wildman–Crippen LogP) is 29.9. The first-order valence-corrected chi connectivity index (χ1v) is 43.4. The number of aromatic nitrogens is 8. The van der Waals surface area contributed by atoms with Crippen molar-refractivity contribution in [2.24, 2.45) is 0 Å². The van der Waals surface area contributed by atoms with Crippen molar-refractivity contribution in [3.05, 3.63) is 510 Å². The maximum absolute atomic E-state index is 10.0. The minimum atomic E-state index is -0.125. The van der Waals surface area contributed by atoms with Crippen LogP contribution in [0.4, 0.5) is 0 Å². The molecule has 0 spiro atoms. The molecule has 0 aliphatic carbocycles. The smallest absolute Gasteiger partial charge is 0.155 e. The largest absolute Gasteiger partial charge is 0.512 e. The molecule has 0 unspecified atom stereocenters. The quantitative estimate of drug-likeness (QED) is 0.0827. The maximum Gasteiger partial charge on any atom is 0.155 e. The van der Waals surface area contributed by atoms with Crippen LogP contribution in [0.15, 0.2) is 471 Å². The number of nitrogens with zero attached hydrogens (tertiary/aromatic N) is 8. The molecule has 137 heavy (non-hydrogen) atoms. The summed E-state index contributed by atoms with van der Waals surface area (Å²) in [5.74, 6) is -0.0625. The first kappa shape index (κ1) is 103. The number of carbonyl (C=O) groups is 1. The molecule has 0 saturated heterocycles. The first-order valence-electron chi connectivity index (χ1n) is 42.6. The van der Waals surface area contributed by atoms with Gasteiger partial charge in [-0.05, 0) is 163 Å². The summed E-state index contributed by atoms with van der Waals surface area (Å²) >= 11 is 1.81. The number of carbonyl (C=O) groups excluding carboxylic acids is 1. The molecule has 5 radical (unpaired) electrons. The minimum Gasteiger partial charge on any atom is -0.512 e. The van der Waals surface area contributed by atoms with Gasteiger partial charge in [0, 0.05) is 166 Å². The van der Waals surface area contributed by atoms with Gasteiger partial charge in [0.15, 0.2) is 5.78 Å². The fourth-order valence-electron chi connectivity index (χ4n) is 14.4. The van der Waals surface area contributed by atoms with Gasteiger partial charge in [-0.1, -0.05) is 204 Å². The van der Waals surface area contributed by atoms with Crippen LogP contribution in [0.2, 0.25) is 0 Å². The molecule has 13 aromatic carbocycles. The van der Waals surface area contributed by atoms with Gasteiger partial charge in [0.25, 0.3) is 0 Å². The van der Waals surface area contributed by atoms with Gasteiger partial charge in [-0.15, -0.1) is 239 Å². The summed E-state index contributed by atoms with van der Waals surface area (Å²) in [6.45, 7) is 2.85. The van der Waals surface area contributed by atoms with Crippen molar-refractivity contribution in [1.29, 1.82) is 0 Å². The van der Waals surface area contributed by atoms with Crippen molar-refractivity contribution in [2.45, 2.75) is 13.8 Å². The summed E-state index contributed by atoms with van der Waals surface area (Å²) in [6, 6.07) is 158. The molecule has 12 nitrogen and oxygen atoms in total. The normalized spacial score (nSPS) is 10.2. The van der Waals surface area contributed by atoms with Crippen LogP contribution in [0, 0.1) is 48.5 Å². The molecule has 24 aromatic rings. The Morgan fingerprint density at radius 1 is 0.277 bits per heavy atom. The molecule has 18 heteroatoms. The van der Waals surface area contributed by atoms with Gasteiger partial charge in [0.2, 0.25) is 0 Å². The zero-order valence-electron chi connectivity index (χ0n) is 73.6. The van der Waals surface area contributed by atoms with E-state index in [1.165, 1.54) is 61.6 Å². The monoisotopic (exact) mass is 2680 g/mol. The van der Waals surface area contributed by atoms with Gasteiger partial charge in [-0.3, -0.25) is 4.79 Å². The Bertz CT molecular complexity index is 7240. The van der Waals surface area contributed by atoms with E-state index in [2.05, 4.69) is 155 Å². The number of thiophene rings is 1. The fourth-order valence-corrected chi connectivity index (χ4v) is 15.6. The van der Waals surface area contributed by atoms with Crippen LogP contribution in [0.1, 0.15) is 13.8 Å². The number of furan rings is 2. The van der Waals surface area contributed by atoms with Crippen LogP contribution >= 0.6 is 11.3 Å². The molecular formula is C119H82Ir5N8O4S-8. The van der Waals surface area contributed by atoms with E-state index in [4.69, 9.17) is 13.9 Å². The Morgan fingerprint density at radius 2 is 0.628 bits per heavy atom. The molecule has 11 heterocycles. The van der Waals surface area contributed by atoms with Crippen molar-refractivity contribution >= 4 is 103 Å². The van der Waals surface area contributed by atoms with Crippen LogP contribution in [-0.4, -0.2) is 50.8 Å². The molecule has 0 saturated carbocycles. The van der Waals surface area contributed by atoms with Gasteiger partial charge in [-0.25, -0.2) is 0 Å². The Labute approximate surface area is 867 Å². The molecule has 0 fully saturated rings. The van der Waals surface area contributed by atoms with Gasteiger partial charge in [0.05, 0.1) is 16.9 Å². The van der Waals surface area contributed by atoms with Crippen LogP contribution < -0.4 is 0 Å². The number of ketones is 1. The zero-order valence-corrected chi connectivity index (χ0v) is 86.4. The second-order valence-electron chi connectivity index (χ2n) is 29.4. The Balaban J connectivity index is 0.000000149. The van der Waals surface area contributed by atoms with Crippen LogP contribution in [-0.2, 0) is 105 Å². The van der Waals surface area contributed by atoms with Crippen LogP contribution in [0.3, 0.4) is 0 Å². The van der Waals surface area contributed by atoms with E-state index in [0.29, 0.717) is 0 Å². The average molecular weight is 2680 g/mol. The van der Waals surface area contributed by atoms with E-state index in [-0.39, 0.29) is 112 Å². The van der Waals surface area contributed by atoms with E-state index in [9.17, 15) is 4.79 Å². The summed E-state index contributed by atoms with van der Waals surface area (Å²) in [5.41, 5.74) is 19.4. The number of aliphatic hydroxyl groups excluding tert-OH is 1. The van der Waals surface area contributed by atoms with Crippen LogP contribution in [0.5, 0.6) is 0 Å². The fraction of sp³-hybridized carbons (Fsp3) is 0.0168. The van der Waals surface area contributed by atoms with Crippen molar-refractivity contribution in [3.63, 3.8) is 0 Å². The number of hydrogen-bond acceptors (Lipinski definition) is 13. The van der Waals surface area contributed by atoms with Gasteiger partial charge in [0.1, 0.15) is 11.2 Å². The van der Waals surface area contributed by atoms with E-state index in [1.54, 1.807) is 31.0 Å². The average Bonchev–Trinajstić information content (AvgIpc) is 1.62. The third kappa shape index (κ3) is 28.0. The topological polar surface area (TPSA) is 167 Å². The summed E-state index contributed by atoms with van der Waals surface area (Å²) in [4.78, 5) is 44.7. The number of aliphatic hydroxyl groups is 1. The van der Waals surface area contributed by atoms with Crippen molar-refractivity contribution in [1.82, 2.24) is 39.9 Å². The minimum absolute atomic E-state index is 0. The van der Waals surface area contributed by atoms with E-state index in [1.807, 2.05) is 364 Å². The number of para-hydroxylation sites is 2. The Morgan fingerprint density at radius 3 is 1.04 bits per heavy atom. The number of rotatable bonds is 9. The predicted molar refractivity (Wildman–Crippen MR) is 538 cm³/mol. The second kappa shape index (κ2) is 53.8. The number of benzene rings is 13. The molecule has 0 aliphatic rings. The second-order valence-corrected chi connectivity index (χ2v) is 30.5. The third-order valence-electron chi connectivity index (χ3n) is 20.4. The summed E-state index contributed by atoms with van der Waals surface area (Å²) in [5, 5.41) is 20.2. The molecule has 0 aliphatic heterocycles. The SMILES string of the molecule is CC(=O)C=C(C)O.[Ir].[Ir].[Ir].[Ir].[Ir].[c-]1cc2c(cc1-c1ccccn1)oc1ccccc12.[c-]1ccc2c(oc3ccccc32)c1-c1ccccn1.[c-]1ccc2c(sc3ccccc32)c1-c1ccccn1.[c-]1ccccc1-c1ccccn1.[c-]1ccccc1-c1ccccn1.[c-]1ccccc1-c1ccccn1.[c-]1ccccc1-c1nccc2ccccc12.[c-]1ccccc1-c1nccc2ccccc12. The maximum atomic E-state index is 10.0. The molecule has 0 bridgehead atoms. The summed E-state index contributed by atoms with van der Waals surface area (Å²) < 4.78 is 14.4. The van der Waals surface area contributed by atoms with Crippen molar-refractivity contribution in [3.8, 4) is 90.1 Å². The molecule has 0 atom stereocenters. The van der Waals surface area contributed by atoms with E-state index >= 15 is 0 Å². The molecule has 681 valence electrons. The van der Waals surface area contributed by atoms with E-state index in [0.717, 1.165) is 134 Å². The van der Waals surface area contributed by atoms with Crippen LogP contribution in [0.25, 0.3) is 176 Å². The van der Waals surface area contributed by atoms with Gasteiger partial charge >= 0.3 is 0 Å². The molecule has 1 N–H and O–H groups in total. The molecule has 11 aromatic heterocycles. The number of fused-ring (bicyclic) bond motifs is 11. The number of allylic oxidation sites excluding steroid dienone is 2. The number of hydrogen-bond donors (Lipinski definition) is 1. The van der Waals surface area contributed by atoms with Crippen molar-refractivity contribution < 1.29 is 119 Å². The van der Waals surface area contributed by atoms with Crippen molar-refractivity contribution in [2.75, 3.05) is 0 Å². The van der Waals surface area contributed by atoms with E-state index < -0.39 is 0 Å². The molecule has 0 amide bonds. The zero-order chi connectivity index (χ0) is 90.1. The number of pyridine rings is 8. The van der Waals surface area contributed by atoms with Gasteiger partial charge < -0.3 is 53.8 Å².